The van der Waals surface area contributed by atoms with Crippen LogP contribution in [-0.2, 0) is 23.2 Å². The highest BCUT2D eigenvalue weighted by molar-refractivity contribution is 6.12. The molecule has 0 amide bonds. The Kier molecular flexibility index (Phi) is 8.25. The van der Waals surface area contributed by atoms with Crippen LogP contribution in [0.2, 0.25) is 0 Å². The molecule has 0 aliphatic rings. The van der Waals surface area contributed by atoms with Gasteiger partial charge in [0.2, 0.25) is 0 Å². The first-order valence-corrected chi connectivity index (χ1v) is 18.2. The fourth-order valence-corrected chi connectivity index (χ4v) is 7.82. The summed E-state index contributed by atoms with van der Waals surface area (Å²) in [5.41, 5.74) is 1.76. The second kappa shape index (κ2) is 12.5. The summed E-state index contributed by atoms with van der Waals surface area (Å²) in [4.78, 5) is 0. The second-order valence-corrected chi connectivity index (χ2v) is 16.5. The summed E-state index contributed by atoms with van der Waals surface area (Å²) in [6.07, 6.45) is -10.2. The Hall–Kier alpha value is -6.01. The molecule has 8 aromatic rings. The number of hydrogen-bond donors (Lipinski definition) is 0. The quantitative estimate of drug-likeness (QED) is 0.165. The third-order valence-corrected chi connectivity index (χ3v) is 10.7. The van der Waals surface area contributed by atoms with Gasteiger partial charge in [-0.05, 0) is 82.1 Å². The highest BCUT2D eigenvalue weighted by atomic mass is 19.4. The summed E-state index contributed by atoms with van der Waals surface area (Å²) in [5, 5.41) is 14.0. The Morgan fingerprint density at radius 2 is 0.839 bits per heavy atom. The Bertz CT molecular complexity index is 2730. The summed E-state index contributed by atoms with van der Waals surface area (Å²) in [6, 6.07) is 34.3. The Morgan fingerprint density at radius 3 is 1.21 bits per heavy atom. The van der Waals surface area contributed by atoms with Gasteiger partial charge in [-0.1, -0.05) is 102 Å². The third kappa shape index (κ3) is 6.08. The van der Waals surface area contributed by atoms with Crippen LogP contribution in [0.25, 0.3) is 66.1 Å². The minimum Gasteiger partial charge on any atom is -0.308 e. The third-order valence-electron chi connectivity index (χ3n) is 10.7. The van der Waals surface area contributed by atoms with Crippen molar-refractivity contribution in [2.75, 3.05) is 0 Å². The van der Waals surface area contributed by atoms with Crippen LogP contribution >= 0.6 is 0 Å². The lowest BCUT2D eigenvalue weighted by molar-refractivity contribution is -0.143. The van der Waals surface area contributed by atoms with Gasteiger partial charge in [-0.2, -0.15) is 31.6 Å². The molecule has 3 nitrogen and oxygen atoms in total. The fraction of sp³-hybridized carbons (Fsp3) is 0.213. The van der Waals surface area contributed by atoms with E-state index in [0.717, 1.165) is 44.8 Å². The van der Waals surface area contributed by atoms with Crippen LogP contribution in [0.15, 0.2) is 115 Å². The van der Waals surface area contributed by atoms with E-state index in [9.17, 15) is 31.6 Å². The first-order chi connectivity index (χ1) is 26.3. The molecule has 0 unspecified atom stereocenters. The smallest absolute Gasteiger partial charge is 0.308 e. The molecule has 56 heavy (non-hydrogen) atoms. The Morgan fingerprint density at radius 1 is 0.446 bits per heavy atom. The topological polar surface area (TPSA) is 33.6 Å². The van der Waals surface area contributed by atoms with E-state index in [2.05, 4.69) is 47.6 Å². The van der Waals surface area contributed by atoms with Gasteiger partial charge in [0.25, 0.3) is 0 Å². The van der Waals surface area contributed by atoms with Gasteiger partial charge in [-0.15, -0.1) is 0 Å². The molecule has 8 rings (SSSR count). The number of halogens is 6. The first-order valence-electron chi connectivity index (χ1n) is 18.2. The summed E-state index contributed by atoms with van der Waals surface area (Å²) in [7, 11) is 0. The lowest BCUT2D eigenvalue weighted by Gasteiger charge is -2.24. The molecule has 0 radical (unpaired) electrons. The summed E-state index contributed by atoms with van der Waals surface area (Å²) in [6.45, 7) is 12.4. The van der Waals surface area contributed by atoms with Gasteiger partial charge in [0, 0.05) is 27.1 Å². The van der Waals surface area contributed by atoms with Gasteiger partial charge in [-0.25, -0.2) is 0 Å². The first kappa shape index (κ1) is 36.9. The molecule has 0 saturated carbocycles. The molecule has 0 saturated heterocycles. The maximum Gasteiger partial charge on any atom is 0.416 e. The second-order valence-electron chi connectivity index (χ2n) is 16.5. The number of aromatic nitrogens is 2. The lowest BCUT2D eigenvalue weighted by atomic mass is 9.86. The standard InChI is InChI=1S/C47H37F6N3/c1-44(2,3)29-15-17-35-33-11-7-9-13-37(33)55(39(35)24-29)41-19-27(26-54)20-42(43(41)28-21-31(46(48,49)50)23-32(22-28)47(51,52)53)56-38-14-10-8-12-34(38)36-18-16-30(25-40(36)56)45(4,5)6/h7-25H,1-6H3. The number of alkyl halides is 6. The minimum atomic E-state index is -5.09. The average Bonchev–Trinajstić information content (AvgIpc) is 3.65. The molecule has 9 heteroatoms. The number of benzene rings is 6. The van der Waals surface area contributed by atoms with E-state index in [1.807, 2.05) is 94.1 Å². The molecule has 0 bridgehead atoms. The number of nitrogens with zero attached hydrogens (tertiary/aromatic N) is 3. The zero-order valence-electron chi connectivity index (χ0n) is 31.6. The van der Waals surface area contributed by atoms with E-state index < -0.39 is 23.5 Å². The summed E-state index contributed by atoms with van der Waals surface area (Å²) in [5.74, 6) is 0. The monoisotopic (exact) mass is 757 g/mol. The number of nitriles is 1. The van der Waals surface area contributed by atoms with Gasteiger partial charge < -0.3 is 9.13 Å². The van der Waals surface area contributed by atoms with E-state index in [0.29, 0.717) is 22.1 Å². The summed E-state index contributed by atoms with van der Waals surface area (Å²) < 4.78 is 91.6. The molecule has 2 aromatic heterocycles. The van der Waals surface area contributed by atoms with E-state index in [1.54, 1.807) is 12.1 Å². The van der Waals surface area contributed by atoms with Crippen LogP contribution < -0.4 is 0 Å². The van der Waals surface area contributed by atoms with Crippen molar-refractivity contribution in [1.29, 1.82) is 5.26 Å². The number of para-hydroxylation sites is 2. The molecule has 0 spiro atoms. The average molecular weight is 758 g/mol. The van der Waals surface area contributed by atoms with Gasteiger partial charge in [0.15, 0.2) is 0 Å². The van der Waals surface area contributed by atoms with E-state index in [-0.39, 0.29) is 45.0 Å². The predicted molar refractivity (Wildman–Crippen MR) is 213 cm³/mol. The van der Waals surface area contributed by atoms with Gasteiger partial charge >= 0.3 is 12.4 Å². The van der Waals surface area contributed by atoms with Gasteiger partial charge in [0.05, 0.1) is 56.2 Å². The zero-order chi connectivity index (χ0) is 40.1. The van der Waals surface area contributed by atoms with Crippen molar-refractivity contribution in [2.24, 2.45) is 0 Å². The van der Waals surface area contributed by atoms with Crippen LogP contribution in [0.1, 0.15) is 69.4 Å². The number of hydrogen-bond acceptors (Lipinski definition) is 1. The molecule has 0 aliphatic heterocycles. The Balaban J connectivity index is 1.64. The molecule has 0 atom stereocenters. The van der Waals surface area contributed by atoms with Crippen molar-refractivity contribution in [3.8, 4) is 28.6 Å². The normalized spacial score (nSPS) is 13.0. The van der Waals surface area contributed by atoms with Crippen LogP contribution in [0.3, 0.4) is 0 Å². The molecular weight excluding hydrogens is 721 g/mol. The fourth-order valence-electron chi connectivity index (χ4n) is 7.82. The molecule has 6 aromatic carbocycles. The molecule has 2 heterocycles. The number of rotatable bonds is 3. The van der Waals surface area contributed by atoms with Crippen LogP contribution in [0.4, 0.5) is 26.3 Å². The predicted octanol–water partition coefficient (Wildman–Crippen LogP) is 14.1. The van der Waals surface area contributed by atoms with E-state index in [4.69, 9.17) is 0 Å². The number of fused-ring (bicyclic) bond motifs is 6. The van der Waals surface area contributed by atoms with E-state index >= 15 is 0 Å². The minimum absolute atomic E-state index is 0.105. The largest absolute Gasteiger partial charge is 0.416 e. The van der Waals surface area contributed by atoms with Crippen molar-refractivity contribution in [2.45, 2.75) is 64.7 Å². The lowest BCUT2D eigenvalue weighted by Crippen LogP contribution is -2.13. The van der Waals surface area contributed by atoms with Crippen molar-refractivity contribution >= 4 is 43.6 Å². The van der Waals surface area contributed by atoms with Crippen LogP contribution in [0.5, 0.6) is 0 Å². The maximum atomic E-state index is 14.6. The molecular formula is C47H37F6N3. The van der Waals surface area contributed by atoms with Crippen LogP contribution in [-0.4, -0.2) is 9.13 Å². The van der Waals surface area contributed by atoms with Gasteiger partial charge in [-0.3, -0.25) is 0 Å². The zero-order valence-corrected chi connectivity index (χ0v) is 31.6. The molecule has 282 valence electrons. The van der Waals surface area contributed by atoms with Gasteiger partial charge in [0.1, 0.15) is 0 Å². The van der Waals surface area contributed by atoms with Crippen molar-refractivity contribution in [1.82, 2.24) is 9.13 Å². The molecule has 0 aliphatic carbocycles. The van der Waals surface area contributed by atoms with Crippen LogP contribution in [0, 0.1) is 11.3 Å². The Labute approximate surface area is 320 Å². The maximum absolute atomic E-state index is 14.6. The highest BCUT2D eigenvalue weighted by Gasteiger charge is 2.38. The van der Waals surface area contributed by atoms with Crippen molar-refractivity contribution in [3.63, 3.8) is 0 Å². The molecule has 0 N–H and O–H groups in total. The SMILES string of the molecule is CC(C)(C)c1ccc2c3ccccc3n(-c3cc(C#N)cc(-n4c5ccccc5c5ccc(C(C)(C)C)cc54)c3-c3cc(C(F)(F)F)cc(C(F)(F)F)c3)c2c1. The van der Waals surface area contributed by atoms with Crippen molar-refractivity contribution < 1.29 is 26.3 Å². The summed E-state index contributed by atoms with van der Waals surface area (Å²) >= 11 is 0. The van der Waals surface area contributed by atoms with Crippen molar-refractivity contribution in [3.05, 3.63) is 143 Å². The highest BCUT2D eigenvalue weighted by Crippen LogP contribution is 2.46. The molecule has 0 fully saturated rings. The van der Waals surface area contributed by atoms with E-state index in [1.165, 1.54) is 0 Å².